The summed E-state index contributed by atoms with van der Waals surface area (Å²) in [6.45, 7) is 2.87. The highest BCUT2D eigenvalue weighted by atomic mass is 16.5. The van der Waals surface area contributed by atoms with Crippen LogP contribution in [-0.2, 0) is 4.79 Å². The van der Waals surface area contributed by atoms with E-state index in [1.807, 2.05) is 12.1 Å². The fraction of sp³-hybridized carbons (Fsp3) is 0.667. The smallest absolute Gasteiger partial charge is 0.220 e. The quantitative estimate of drug-likeness (QED) is 0.777. The van der Waals surface area contributed by atoms with Crippen molar-refractivity contribution in [2.45, 2.75) is 57.4 Å². The number of hydrogen-bond donors (Lipinski definition) is 1. The zero-order valence-corrected chi connectivity index (χ0v) is 15.5. The molecule has 138 valence electrons. The lowest BCUT2D eigenvalue weighted by molar-refractivity contribution is -0.121. The van der Waals surface area contributed by atoms with Crippen LogP contribution in [0.1, 0.15) is 63.0 Å². The number of methoxy groups -OCH3 is 1. The maximum atomic E-state index is 12.3. The Labute approximate surface area is 151 Å². The molecule has 1 amide bonds. The summed E-state index contributed by atoms with van der Waals surface area (Å²) in [5.74, 6) is 1.89. The Hall–Kier alpha value is -1.55. The summed E-state index contributed by atoms with van der Waals surface area (Å²) in [7, 11) is 1.72. The van der Waals surface area contributed by atoms with Crippen LogP contribution in [0.4, 0.5) is 0 Å². The average Bonchev–Trinajstić information content (AvgIpc) is 3.34. The van der Waals surface area contributed by atoms with Gasteiger partial charge in [0.2, 0.25) is 5.91 Å². The highest BCUT2D eigenvalue weighted by Gasteiger charge is 2.26. The van der Waals surface area contributed by atoms with Crippen molar-refractivity contribution >= 4 is 5.91 Å². The van der Waals surface area contributed by atoms with E-state index in [-0.39, 0.29) is 11.9 Å². The number of carbonyl (C=O) groups excluding carboxylic acids is 1. The molecule has 1 aromatic rings. The maximum Gasteiger partial charge on any atom is 0.220 e. The van der Waals surface area contributed by atoms with Gasteiger partial charge in [0.25, 0.3) is 0 Å². The van der Waals surface area contributed by atoms with Crippen LogP contribution in [0, 0.1) is 5.92 Å². The summed E-state index contributed by atoms with van der Waals surface area (Å²) in [5, 5.41) is 3.20. The average molecular weight is 344 g/mol. The normalized spacial score (nSPS) is 19.9. The van der Waals surface area contributed by atoms with Crippen molar-refractivity contribution in [2.24, 2.45) is 5.92 Å². The first-order valence-corrected chi connectivity index (χ1v) is 9.91. The third-order valence-corrected chi connectivity index (χ3v) is 5.83. The van der Waals surface area contributed by atoms with Crippen LogP contribution in [0.15, 0.2) is 24.3 Å². The van der Waals surface area contributed by atoms with E-state index in [0.717, 1.165) is 31.2 Å². The largest absolute Gasteiger partial charge is 0.496 e. The highest BCUT2D eigenvalue weighted by Crippen LogP contribution is 2.31. The topological polar surface area (TPSA) is 41.6 Å². The molecule has 1 atom stereocenters. The van der Waals surface area contributed by atoms with Crippen molar-refractivity contribution < 1.29 is 9.53 Å². The van der Waals surface area contributed by atoms with Gasteiger partial charge in [-0.25, -0.2) is 0 Å². The molecule has 3 rings (SSSR count). The van der Waals surface area contributed by atoms with Crippen molar-refractivity contribution in [3.63, 3.8) is 0 Å². The van der Waals surface area contributed by atoms with E-state index < -0.39 is 0 Å². The fourth-order valence-electron chi connectivity index (χ4n) is 4.36. The molecule has 2 aliphatic rings. The standard InChI is InChI=1S/C21H32N2O2/c1-25-20-11-5-4-10-18(20)19(23-14-6-7-15-23)16-22-21(24)13-12-17-8-2-3-9-17/h4-5,10-11,17,19H,2-3,6-9,12-16H2,1H3,(H,22,24). The van der Waals surface area contributed by atoms with Gasteiger partial charge in [0.05, 0.1) is 13.2 Å². The second-order valence-electron chi connectivity index (χ2n) is 7.49. The summed E-state index contributed by atoms with van der Waals surface area (Å²) in [6, 6.07) is 8.41. The zero-order chi connectivity index (χ0) is 17.5. The van der Waals surface area contributed by atoms with Crippen LogP contribution in [0.3, 0.4) is 0 Å². The minimum atomic E-state index is 0.200. The molecular weight excluding hydrogens is 312 g/mol. The van der Waals surface area contributed by atoms with Gasteiger partial charge >= 0.3 is 0 Å². The van der Waals surface area contributed by atoms with Gasteiger partial charge in [-0.3, -0.25) is 9.69 Å². The monoisotopic (exact) mass is 344 g/mol. The third kappa shape index (κ3) is 4.97. The van der Waals surface area contributed by atoms with Gasteiger partial charge in [-0.15, -0.1) is 0 Å². The zero-order valence-electron chi connectivity index (χ0n) is 15.5. The Morgan fingerprint density at radius 1 is 1.20 bits per heavy atom. The molecule has 1 saturated carbocycles. The third-order valence-electron chi connectivity index (χ3n) is 5.83. The number of hydrogen-bond acceptors (Lipinski definition) is 3. The van der Waals surface area contributed by atoms with Crippen LogP contribution in [0.25, 0.3) is 0 Å². The van der Waals surface area contributed by atoms with Gasteiger partial charge < -0.3 is 10.1 Å². The van der Waals surface area contributed by atoms with Gasteiger partial charge in [-0.05, 0) is 44.3 Å². The summed E-state index contributed by atoms with van der Waals surface area (Å²) in [6.07, 6.45) is 9.50. The number of nitrogens with zero attached hydrogens (tertiary/aromatic N) is 1. The number of benzene rings is 1. The molecule has 1 aromatic carbocycles. The molecule has 1 aliphatic carbocycles. The highest BCUT2D eigenvalue weighted by molar-refractivity contribution is 5.75. The van der Waals surface area contributed by atoms with E-state index in [1.54, 1.807) is 7.11 Å². The predicted octanol–water partition coefficient (Wildman–Crippen LogP) is 3.92. The molecule has 1 aliphatic heterocycles. The fourth-order valence-corrected chi connectivity index (χ4v) is 4.36. The number of rotatable bonds is 8. The Kier molecular flexibility index (Phi) is 6.74. The van der Waals surface area contributed by atoms with Crippen LogP contribution < -0.4 is 10.1 Å². The van der Waals surface area contributed by atoms with E-state index in [0.29, 0.717) is 13.0 Å². The second kappa shape index (κ2) is 9.23. The molecule has 4 heteroatoms. The first kappa shape index (κ1) is 18.2. The van der Waals surface area contributed by atoms with Crippen molar-refractivity contribution in [2.75, 3.05) is 26.7 Å². The lowest BCUT2D eigenvalue weighted by Gasteiger charge is -2.29. The molecule has 4 nitrogen and oxygen atoms in total. The van der Waals surface area contributed by atoms with Crippen molar-refractivity contribution in [1.29, 1.82) is 0 Å². The first-order chi connectivity index (χ1) is 12.3. The maximum absolute atomic E-state index is 12.3. The summed E-state index contributed by atoms with van der Waals surface area (Å²) >= 11 is 0. The van der Waals surface area contributed by atoms with Gasteiger partial charge in [0.15, 0.2) is 0 Å². The SMILES string of the molecule is COc1ccccc1C(CNC(=O)CCC1CCCC1)N1CCCC1. The summed E-state index contributed by atoms with van der Waals surface area (Å²) in [5.41, 5.74) is 1.18. The lowest BCUT2D eigenvalue weighted by Crippen LogP contribution is -2.37. The molecule has 1 saturated heterocycles. The Bertz CT molecular complexity index is 549. The number of likely N-dealkylation sites (tertiary alicyclic amines) is 1. The van der Waals surface area contributed by atoms with E-state index in [1.165, 1.54) is 44.1 Å². The Morgan fingerprint density at radius 3 is 2.64 bits per heavy atom. The summed E-state index contributed by atoms with van der Waals surface area (Å²) in [4.78, 5) is 14.8. The molecule has 0 radical (unpaired) electrons. The molecular formula is C21H32N2O2. The molecule has 1 N–H and O–H groups in total. The van der Waals surface area contributed by atoms with Crippen LogP contribution in [-0.4, -0.2) is 37.6 Å². The van der Waals surface area contributed by atoms with E-state index in [4.69, 9.17) is 4.74 Å². The number of nitrogens with one attached hydrogen (secondary N) is 1. The van der Waals surface area contributed by atoms with Crippen LogP contribution >= 0.6 is 0 Å². The molecule has 0 aromatic heterocycles. The van der Waals surface area contributed by atoms with Crippen molar-refractivity contribution in [3.8, 4) is 5.75 Å². The van der Waals surface area contributed by atoms with Crippen molar-refractivity contribution in [3.05, 3.63) is 29.8 Å². The molecule has 0 bridgehead atoms. The Morgan fingerprint density at radius 2 is 1.92 bits per heavy atom. The predicted molar refractivity (Wildman–Crippen MR) is 101 cm³/mol. The van der Waals surface area contributed by atoms with Gasteiger partial charge in [-0.2, -0.15) is 0 Å². The minimum absolute atomic E-state index is 0.200. The number of amides is 1. The number of ether oxygens (including phenoxy) is 1. The van der Waals surface area contributed by atoms with Gasteiger partial charge in [0, 0.05) is 18.5 Å². The van der Waals surface area contributed by atoms with Gasteiger partial charge in [-0.1, -0.05) is 43.9 Å². The second-order valence-corrected chi connectivity index (χ2v) is 7.49. The minimum Gasteiger partial charge on any atom is -0.496 e. The number of carbonyl (C=O) groups is 1. The van der Waals surface area contributed by atoms with E-state index in [9.17, 15) is 4.79 Å². The van der Waals surface area contributed by atoms with Gasteiger partial charge in [0.1, 0.15) is 5.75 Å². The molecule has 1 heterocycles. The number of para-hydroxylation sites is 1. The first-order valence-electron chi connectivity index (χ1n) is 9.91. The lowest BCUT2D eigenvalue weighted by atomic mass is 10.0. The molecule has 0 spiro atoms. The summed E-state index contributed by atoms with van der Waals surface area (Å²) < 4.78 is 5.57. The van der Waals surface area contributed by atoms with E-state index >= 15 is 0 Å². The van der Waals surface area contributed by atoms with Crippen molar-refractivity contribution in [1.82, 2.24) is 10.2 Å². The molecule has 25 heavy (non-hydrogen) atoms. The molecule has 2 fully saturated rings. The van der Waals surface area contributed by atoms with Crippen LogP contribution in [0.2, 0.25) is 0 Å². The molecule has 1 unspecified atom stereocenters. The Balaban J connectivity index is 1.58. The van der Waals surface area contributed by atoms with Crippen LogP contribution in [0.5, 0.6) is 5.75 Å². The van der Waals surface area contributed by atoms with E-state index in [2.05, 4.69) is 22.3 Å².